The number of hydrogen-bond donors (Lipinski definition) is 2. The van der Waals surface area contributed by atoms with E-state index in [2.05, 4.69) is 29.6 Å². The molecule has 0 heterocycles. The zero-order chi connectivity index (χ0) is 18.1. The minimum atomic E-state index is -0.844. The van der Waals surface area contributed by atoms with Crippen LogP contribution in [0.3, 0.4) is 0 Å². The lowest BCUT2D eigenvalue weighted by atomic mass is 10.1. The number of benzene rings is 2. The van der Waals surface area contributed by atoms with Gasteiger partial charge in [-0.25, -0.2) is 0 Å². The van der Waals surface area contributed by atoms with Crippen molar-refractivity contribution in [3.05, 3.63) is 65.7 Å². The van der Waals surface area contributed by atoms with Crippen molar-refractivity contribution < 1.29 is 9.53 Å². The molecular formula is C21H29ClN2O2. The van der Waals surface area contributed by atoms with Crippen LogP contribution in [-0.4, -0.2) is 24.6 Å². The van der Waals surface area contributed by atoms with E-state index in [1.165, 1.54) is 5.56 Å². The Morgan fingerprint density at radius 3 is 2.42 bits per heavy atom. The Morgan fingerprint density at radius 1 is 1.04 bits per heavy atom. The molecule has 0 unspecified atom stereocenters. The Balaban J connectivity index is 0.00000338. The number of nitrogens with two attached hydrogens (primary N) is 1. The molecule has 0 saturated carbocycles. The van der Waals surface area contributed by atoms with Gasteiger partial charge < -0.3 is 15.8 Å². The number of carbonyl (C=O) groups is 1. The molecule has 0 atom stereocenters. The highest BCUT2D eigenvalue weighted by Gasteiger charge is 2.20. The average Bonchev–Trinajstić information content (AvgIpc) is 2.59. The lowest BCUT2D eigenvalue weighted by Crippen LogP contribution is -2.49. The monoisotopic (exact) mass is 376 g/mol. The summed E-state index contributed by atoms with van der Waals surface area (Å²) in [5.74, 6) is 0.733. The van der Waals surface area contributed by atoms with Crippen molar-refractivity contribution >= 4 is 18.3 Å². The van der Waals surface area contributed by atoms with E-state index in [4.69, 9.17) is 10.5 Å². The number of carbonyl (C=O) groups excluding carboxylic acids is 1. The van der Waals surface area contributed by atoms with Crippen LogP contribution < -0.4 is 15.8 Å². The van der Waals surface area contributed by atoms with E-state index in [1.807, 2.05) is 30.3 Å². The first-order valence-corrected chi connectivity index (χ1v) is 8.78. The van der Waals surface area contributed by atoms with Crippen molar-refractivity contribution in [2.24, 2.45) is 5.73 Å². The summed E-state index contributed by atoms with van der Waals surface area (Å²) in [7, 11) is 0. The van der Waals surface area contributed by atoms with Crippen LogP contribution in [0.15, 0.2) is 54.6 Å². The van der Waals surface area contributed by atoms with Crippen LogP contribution in [0.5, 0.6) is 5.75 Å². The number of amides is 1. The molecule has 0 bridgehead atoms. The summed E-state index contributed by atoms with van der Waals surface area (Å²) in [6.45, 7) is 4.66. The van der Waals surface area contributed by atoms with Crippen LogP contribution in [0.2, 0.25) is 0 Å². The standard InChI is InChI=1S/C21H28N2O2.ClH/c1-21(2,22)20(24)23-14-13-18-10-6-12-19(16-18)25-15-7-11-17-8-4-3-5-9-17;/h3-6,8-10,12,16H,7,11,13-15,22H2,1-2H3,(H,23,24);1H. The molecule has 0 aromatic heterocycles. The lowest BCUT2D eigenvalue weighted by Gasteiger charge is -2.17. The Kier molecular flexibility index (Phi) is 9.17. The zero-order valence-electron chi connectivity index (χ0n) is 15.5. The Bertz CT molecular complexity index is 669. The van der Waals surface area contributed by atoms with Crippen molar-refractivity contribution in [1.82, 2.24) is 5.32 Å². The molecule has 0 aliphatic rings. The fourth-order valence-corrected chi connectivity index (χ4v) is 2.45. The number of nitrogens with one attached hydrogen (secondary N) is 1. The number of hydrogen-bond acceptors (Lipinski definition) is 3. The maximum absolute atomic E-state index is 11.8. The number of aryl methyl sites for hydroxylation is 1. The van der Waals surface area contributed by atoms with E-state index in [9.17, 15) is 4.79 Å². The van der Waals surface area contributed by atoms with E-state index in [0.29, 0.717) is 13.2 Å². The van der Waals surface area contributed by atoms with Crippen molar-refractivity contribution in [1.29, 1.82) is 0 Å². The first-order chi connectivity index (χ1) is 11.9. The summed E-state index contributed by atoms with van der Waals surface area (Å²) < 4.78 is 5.84. The molecule has 0 aliphatic carbocycles. The molecule has 0 aliphatic heterocycles. The van der Waals surface area contributed by atoms with Gasteiger partial charge in [0.15, 0.2) is 0 Å². The molecular weight excluding hydrogens is 348 g/mol. The fourth-order valence-electron chi connectivity index (χ4n) is 2.45. The third kappa shape index (κ3) is 7.89. The van der Waals surface area contributed by atoms with Gasteiger partial charge in [-0.3, -0.25) is 4.79 Å². The molecule has 0 radical (unpaired) electrons. The van der Waals surface area contributed by atoms with Gasteiger partial charge >= 0.3 is 0 Å². The SMILES string of the molecule is CC(C)(N)C(=O)NCCc1cccc(OCCCc2ccccc2)c1.Cl. The minimum absolute atomic E-state index is 0. The second-order valence-electron chi connectivity index (χ2n) is 6.81. The summed E-state index contributed by atoms with van der Waals surface area (Å²) in [5.41, 5.74) is 7.38. The summed E-state index contributed by atoms with van der Waals surface area (Å²) in [6, 6.07) is 18.4. The highest BCUT2D eigenvalue weighted by atomic mass is 35.5. The topological polar surface area (TPSA) is 64.4 Å². The van der Waals surface area contributed by atoms with Crippen molar-refractivity contribution in [3.8, 4) is 5.75 Å². The highest BCUT2D eigenvalue weighted by Crippen LogP contribution is 2.14. The molecule has 0 spiro atoms. The maximum atomic E-state index is 11.8. The Morgan fingerprint density at radius 2 is 1.73 bits per heavy atom. The Hall–Kier alpha value is -2.04. The van der Waals surface area contributed by atoms with Crippen molar-refractivity contribution in [3.63, 3.8) is 0 Å². The molecule has 2 rings (SSSR count). The van der Waals surface area contributed by atoms with E-state index >= 15 is 0 Å². The number of halogens is 1. The van der Waals surface area contributed by atoms with Gasteiger partial charge in [-0.1, -0.05) is 42.5 Å². The van der Waals surface area contributed by atoms with Gasteiger partial charge in [0.05, 0.1) is 12.1 Å². The van der Waals surface area contributed by atoms with E-state index < -0.39 is 5.54 Å². The van der Waals surface area contributed by atoms with Gasteiger partial charge in [-0.2, -0.15) is 0 Å². The van der Waals surface area contributed by atoms with Gasteiger partial charge in [-0.05, 0) is 56.4 Å². The summed E-state index contributed by atoms with van der Waals surface area (Å²) >= 11 is 0. The van der Waals surface area contributed by atoms with Crippen molar-refractivity contribution in [2.75, 3.05) is 13.2 Å². The molecule has 26 heavy (non-hydrogen) atoms. The molecule has 142 valence electrons. The van der Waals surface area contributed by atoms with Crippen LogP contribution >= 0.6 is 12.4 Å². The van der Waals surface area contributed by atoms with Crippen LogP contribution in [0, 0.1) is 0 Å². The molecule has 0 fully saturated rings. The smallest absolute Gasteiger partial charge is 0.239 e. The minimum Gasteiger partial charge on any atom is -0.494 e. The third-order valence-corrected chi connectivity index (χ3v) is 3.90. The van der Waals surface area contributed by atoms with Crippen LogP contribution in [0.4, 0.5) is 0 Å². The molecule has 4 nitrogen and oxygen atoms in total. The molecule has 2 aromatic carbocycles. The van der Waals surface area contributed by atoms with E-state index in [1.54, 1.807) is 13.8 Å². The predicted octanol–water partition coefficient (Wildman–Crippen LogP) is 3.52. The van der Waals surface area contributed by atoms with Crippen LogP contribution in [0.25, 0.3) is 0 Å². The maximum Gasteiger partial charge on any atom is 0.239 e. The van der Waals surface area contributed by atoms with E-state index in [-0.39, 0.29) is 18.3 Å². The Labute approximate surface area is 162 Å². The first-order valence-electron chi connectivity index (χ1n) is 8.78. The molecule has 2 aromatic rings. The summed E-state index contributed by atoms with van der Waals surface area (Å²) in [4.78, 5) is 11.8. The van der Waals surface area contributed by atoms with Gasteiger partial charge in [0.2, 0.25) is 5.91 Å². The van der Waals surface area contributed by atoms with Gasteiger partial charge in [0.25, 0.3) is 0 Å². The average molecular weight is 377 g/mol. The summed E-state index contributed by atoms with van der Waals surface area (Å²) in [5, 5.41) is 2.86. The van der Waals surface area contributed by atoms with Crippen LogP contribution in [-0.2, 0) is 17.6 Å². The molecule has 3 N–H and O–H groups in total. The van der Waals surface area contributed by atoms with Gasteiger partial charge in [0.1, 0.15) is 5.75 Å². The van der Waals surface area contributed by atoms with Crippen LogP contribution in [0.1, 0.15) is 31.4 Å². The van der Waals surface area contributed by atoms with Crippen molar-refractivity contribution in [2.45, 2.75) is 38.6 Å². The second kappa shape index (κ2) is 10.8. The fraction of sp³-hybridized carbons (Fsp3) is 0.381. The number of rotatable bonds is 9. The van der Waals surface area contributed by atoms with E-state index in [0.717, 1.165) is 30.6 Å². The second-order valence-corrected chi connectivity index (χ2v) is 6.81. The number of ether oxygens (including phenoxy) is 1. The third-order valence-electron chi connectivity index (χ3n) is 3.90. The zero-order valence-corrected chi connectivity index (χ0v) is 16.4. The molecule has 5 heteroatoms. The first kappa shape index (κ1) is 22.0. The lowest BCUT2D eigenvalue weighted by molar-refractivity contribution is -0.125. The predicted molar refractivity (Wildman–Crippen MR) is 109 cm³/mol. The summed E-state index contributed by atoms with van der Waals surface area (Å²) in [6.07, 6.45) is 2.75. The largest absolute Gasteiger partial charge is 0.494 e. The molecule has 1 amide bonds. The highest BCUT2D eigenvalue weighted by molar-refractivity contribution is 5.85. The normalized spacial score (nSPS) is 10.7. The van der Waals surface area contributed by atoms with Gasteiger partial charge in [-0.15, -0.1) is 12.4 Å². The quantitative estimate of drug-likeness (QED) is 0.658. The molecule has 0 saturated heterocycles. The van der Waals surface area contributed by atoms with Gasteiger partial charge in [0, 0.05) is 6.54 Å².